The molecule has 1 amide bonds. The van der Waals surface area contributed by atoms with E-state index in [-0.39, 0.29) is 5.91 Å². The maximum absolute atomic E-state index is 11.9. The van der Waals surface area contributed by atoms with E-state index in [9.17, 15) is 4.79 Å². The van der Waals surface area contributed by atoms with Gasteiger partial charge in [0.05, 0.1) is 16.9 Å². The lowest BCUT2D eigenvalue weighted by Gasteiger charge is -2.33. The van der Waals surface area contributed by atoms with E-state index < -0.39 is 0 Å². The molecule has 5 nitrogen and oxygen atoms in total. The summed E-state index contributed by atoms with van der Waals surface area (Å²) < 4.78 is 0. The second-order valence-electron chi connectivity index (χ2n) is 5.32. The third-order valence-electron chi connectivity index (χ3n) is 4.15. The van der Waals surface area contributed by atoms with E-state index in [0.29, 0.717) is 11.5 Å². The zero-order valence-corrected chi connectivity index (χ0v) is 11.1. The predicted molar refractivity (Wildman–Crippen MR) is 74.4 cm³/mol. The van der Waals surface area contributed by atoms with E-state index in [1.807, 2.05) is 12.3 Å². The highest BCUT2D eigenvalue weighted by Gasteiger charge is 2.28. The second-order valence-corrected chi connectivity index (χ2v) is 5.32. The maximum atomic E-state index is 11.9. The Morgan fingerprint density at radius 3 is 2.68 bits per heavy atom. The Hall–Kier alpha value is -1.62. The molecule has 102 valence electrons. The third kappa shape index (κ3) is 2.30. The van der Waals surface area contributed by atoms with Gasteiger partial charge in [-0.2, -0.15) is 0 Å². The molecule has 3 N–H and O–H groups in total. The highest BCUT2D eigenvalue weighted by Crippen LogP contribution is 2.39. The van der Waals surface area contributed by atoms with Gasteiger partial charge in [0.15, 0.2) is 0 Å². The quantitative estimate of drug-likeness (QED) is 0.845. The van der Waals surface area contributed by atoms with Gasteiger partial charge in [-0.1, -0.05) is 6.42 Å². The zero-order valence-electron chi connectivity index (χ0n) is 11.1. The van der Waals surface area contributed by atoms with E-state index in [4.69, 9.17) is 5.73 Å². The number of primary amides is 1. The SMILES string of the molecule is NC(=O)c1c(N2CCNCC2)ccnc1C1CCC1. The molecule has 0 aromatic carbocycles. The van der Waals surface area contributed by atoms with Crippen LogP contribution >= 0.6 is 0 Å². The van der Waals surface area contributed by atoms with Gasteiger partial charge in [0.25, 0.3) is 5.91 Å². The van der Waals surface area contributed by atoms with Crippen LogP contribution in [0.1, 0.15) is 41.2 Å². The number of anilines is 1. The summed E-state index contributed by atoms with van der Waals surface area (Å²) in [5, 5.41) is 3.32. The van der Waals surface area contributed by atoms with Crippen molar-refractivity contribution >= 4 is 11.6 Å². The van der Waals surface area contributed by atoms with Gasteiger partial charge in [-0.25, -0.2) is 0 Å². The van der Waals surface area contributed by atoms with Crippen LogP contribution in [0.25, 0.3) is 0 Å². The van der Waals surface area contributed by atoms with E-state index in [0.717, 1.165) is 50.4 Å². The Balaban J connectivity index is 1.99. The number of piperazine rings is 1. The number of carbonyl (C=O) groups excluding carboxylic acids is 1. The summed E-state index contributed by atoms with van der Waals surface area (Å²) >= 11 is 0. The van der Waals surface area contributed by atoms with Gasteiger partial charge < -0.3 is 16.0 Å². The standard InChI is InChI=1S/C14H20N4O/c15-14(19)12-11(18-8-6-16-7-9-18)4-5-17-13(12)10-2-1-3-10/h4-5,10,16H,1-3,6-9H2,(H2,15,19). The van der Waals surface area contributed by atoms with Crippen molar-refractivity contribution in [2.24, 2.45) is 5.73 Å². The molecule has 2 heterocycles. The monoisotopic (exact) mass is 260 g/mol. The van der Waals surface area contributed by atoms with Crippen molar-refractivity contribution in [2.75, 3.05) is 31.1 Å². The number of aromatic nitrogens is 1. The minimum atomic E-state index is -0.344. The summed E-state index contributed by atoms with van der Waals surface area (Å²) in [5.74, 6) is 0.0777. The van der Waals surface area contributed by atoms with Gasteiger partial charge >= 0.3 is 0 Å². The van der Waals surface area contributed by atoms with Gasteiger partial charge in [0.1, 0.15) is 0 Å². The molecule has 0 bridgehead atoms. The van der Waals surface area contributed by atoms with Crippen LogP contribution in [0.4, 0.5) is 5.69 Å². The average Bonchev–Trinajstić information content (AvgIpc) is 2.37. The van der Waals surface area contributed by atoms with Crippen LogP contribution in [-0.2, 0) is 0 Å². The fourth-order valence-electron chi connectivity index (χ4n) is 2.88. The van der Waals surface area contributed by atoms with E-state index in [2.05, 4.69) is 15.2 Å². The molecule has 2 fully saturated rings. The number of amides is 1. The molecule has 1 saturated carbocycles. The molecule has 0 unspecified atom stereocenters. The number of nitrogens with one attached hydrogen (secondary N) is 1. The maximum Gasteiger partial charge on any atom is 0.252 e. The van der Waals surface area contributed by atoms with Crippen LogP contribution in [0.2, 0.25) is 0 Å². The number of nitrogens with two attached hydrogens (primary N) is 1. The molecule has 1 aromatic heterocycles. The summed E-state index contributed by atoms with van der Waals surface area (Å²) in [5.41, 5.74) is 8.14. The second kappa shape index (κ2) is 5.17. The molecule has 1 aliphatic carbocycles. The van der Waals surface area contributed by atoms with Crippen molar-refractivity contribution < 1.29 is 4.79 Å². The highest BCUT2D eigenvalue weighted by molar-refractivity contribution is 6.00. The number of hydrogen-bond donors (Lipinski definition) is 2. The minimum Gasteiger partial charge on any atom is -0.368 e. The number of nitrogens with zero attached hydrogens (tertiary/aromatic N) is 2. The van der Waals surface area contributed by atoms with Gasteiger partial charge in [-0.15, -0.1) is 0 Å². The van der Waals surface area contributed by atoms with E-state index in [1.54, 1.807) is 0 Å². The smallest absolute Gasteiger partial charge is 0.252 e. The first-order valence-electron chi connectivity index (χ1n) is 7.01. The summed E-state index contributed by atoms with van der Waals surface area (Å²) in [6.07, 6.45) is 5.29. The molecule has 5 heteroatoms. The molecule has 2 aliphatic rings. The predicted octanol–water partition coefficient (Wildman–Crippen LogP) is 0.858. The fourth-order valence-corrected chi connectivity index (χ4v) is 2.88. The Kier molecular flexibility index (Phi) is 3.38. The largest absolute Gasteiger partial charge is 0.368 e. The zero-order chi connectivity index (χ0) is 13.2. The molecule has 1 aliphatic heterocycles. The molecular weight excluding hydrogens is 240 g/mol. The number of hydrogen-bond acceptors (Lipinski definition) is 4. The van der Waals surface area contributed by atoms with Gasteiger partial charge in [-0.05, 0) is 18.9 Å². The van der Waals surface area contributed by atoms with Crippen molar-refractivity contribution in [3.8, 4) is 0 Å². The Morgan fingerprint density at radius 1 is 1.37 bits per heavy atom. The summed E-state index contributed by atoms with van der Waals surface area (Å²) in [7, 11) is 0. The first kappa shape index (κ1) is 12.4. The average molecular weight is 260 g/mol. The molecule has 0 spiro atoms. The van der Waals surface area contributed by atoms with Gasteiger partial charge in [-0.3, -0.25) is 9.78 Å². The van der Waals surface area contributed by atoms with Crippen LogP contribution < -0.4 is 16.0 Å². The molecule has 1 aromatic rings. The lowest BCUT2D eigenvalue weighted by Crippen LogP contribution is -2.44. The van der Waals surface area contributed by atoms with Crippen molar-refractivity contribution in [3.05, 3.63) is 23.5 Å². The normalized spacial score (nSPS) is 20.1. The lowest BCUT2D eigenvalue weighted by molar-refractivity contribution is 0.0998. The van der Waals surface area contributed by atoms with Crippen LogP contribution in [0.5, 0.6) is 0 Å². The van der Waals surface area contributed by atoms with Crippen molar-refractivity contribution in [1.82, 2.24) is 10.3 Å². The van der Waals surface area contributed by atoms with Crippen LogP contribution in [0.15, 0.2) is 12.3 Å². The topological polar surface area (TPSA) is 71.2 Å². The third-order valence-corrected chi connectivity index (χ3v) is 4.15. The Labute approximate surface area is 113 Å². The summed E-state index contributed by atoms with van der Waals surface area (Å²) in [4.78, 5) is 18.5. The molecular formula is C14H20N4O. The molecule has 1 saturated heterocycles. The van der Waals surface area contributed by atoms with E-state index >= 15 is 0 Å². The van der Waals surface area contributed by atoms with Crippen molar-refractivity contribution in [2.45, 2.75) is 25.2 Å². The summed E-state index contributed by atoms with van der Waals surface area (Å²) in [6.45, 7) is 3.71. The molecule has 3 rings (SSSR count). The number of rotatable bonds is 3. The first-order valence-corrected chi connectivity index (χ1v) is 7.01. The Morgan fingerprint density at radius 2 is 2.11 bits per heavy atom. The highest BCUT2D eigenvalue weighted by atomic mass is 16.1. The molecule has 19 heavy (non-hydrogen) atoms. The van der Waals surface area contributed by atoms with Crippen LogP contribution in [0.3, 0.4) is 0 Å². The Bertz CT molecular complexity index is 478. The van der Waals surface area contributed by atoms with Crippen molar-refractivity contribution in [3.63, 3.8) is 0 Å². The lowest BCUT2D eigenvalue weighted by atomic mass is 9.80. The van der Waals surface area contributed by atoms with E-state index in [1.165, 1.54) is 6.42 Å². The van der Waals surface area contributed by atoms with Crippen LogP contribution in [-0.4, -0.2) is 37.1 Å². The first-order chi connectivity index (χ1) is 9.27. The number of pyridine rings is 1. The van der Waals surface area contributed by atoms with Crippen molar-refractivity contribution in [1.29, 1.82) is 0 Å². The van der Waals surface area contributed by atoms with Gasteiger partial charge in [0.2, 0.25) is 0 Å². The fraction of sp³-hybridized carbons (Fsp3) is 0.571. The van der Waals surface area contributed by atoms with Gasteiger partial charge in [0, 0.05) is 38.3 Å². The number of carbonyl (C=O) groups is 1. The van der Waals surface area contributed by atoms with Crippen LogP contribution in [0, 0.1) is 0 Å². The minimum absolute atomic E-state index is 0.344. The molecule has 0 radical (unpaired) electrons. The molecule has 0 atom stereocenters. The summed E-state index contributed by atoms with van der Waals surface area (Å²) in [6, 6.07) is 1.92.